The molecule has 2 N–H and O–H groups in total. The molecule has 0 aromatic heterocycles. The van der Waals surface area contributed by atoms with Gasteiger partial charge >= 0.3 is 0 Å². The number of nitrogens with one attached hydrogen (secondary N) is 1. The zero-order chi connectivity index (χ0) is 14.9. The maximum absolute atomic E-state index is 13.5. The van der Waals surface area contributed by atoms with Crippen molar-refractivity contribution in [3.8, 4) is 5.75 Å². The molecule has 0 fully saturated rings. The van der Waals surface area contributed by atoms with E-state index in [2.05, 4.69) is 15.9 Å². The van der Waals surface area contributed by atoms with E-state index in [1.165, 1.54) is 18.2 Å². The molecular weight excluding hydrogens is 356 g/mol. The molecule has 0 radical (unpaired) electrons. The Morgan fingerprint density at radius 1 is 1.10 bits per heavy atom. The summed E-state index contributed by atoms with van der Waals surface area (Å²) in [6.07, 6.45) is 0. The number of phenols is 1. The summed E-state index contributed by atoms with van der Waals surface area (Å²) < 4.78 is 52.5. The van der Waals surface area contributed by atoms with Gasteiger partial charge in [-0.25, -0.2) is 17.2 Å². The smallest absolute Gasteiger partial charge is 0.265 e. The van der Waals surface area contributed by atoms with Crippen LogP contribution in [0, 0.1) is 11.6 Å². The molecule has 2 rings (SSSR count). The highest BCUT2D eigenvalue weighted by molar-refractivity contribution is 9.10. The Kier molecular flexibility index (Phi) is 3.96. The lowest BCUT2D eigenvalue weighted by molar-refractivity contribution is 0.459. The Morgan fingerprint density at radius 2 is 1.75 bits per heavy atom. The van der Waals surface area contributed by atoms with E-state index < -0.39 is 38.0 Å². The first-order chi connectivity index (χ1) is 9.31. The molecule has 0 bridgehead atoms. The van der Waals surface area contributed by atoms with Crippen LogP contribution in [-0.2, 0) is 10.0 Å². The predicted octanol–water partition coefficient (Wildman–Crippen LogP) is 3.23. The Labute approximate surface area is 122 Å². The average Bonchev–Trinajstić information content (AvgIpc) is 2.36. The number of halogens is 3. The monoisotopic (exact) mass is 363 g/mol. The number of aromatic hydroxyl groups is 1. The van der Waals surface area contributed by atoms with Gasteiger partial charge in [-0.1, -0.05) is 12.1 Å². The van der Waals surface area contributed by atoms with Gasteiger partial charge in [0, 0.05) is 6.07 Å². The van der Waals surface area contributed by atoms with E-state index in [0.717, 1.165) is 12.1 Å². The van der Waals surface area contributed by atoms with Crippen molar-refractivity contribution >= 4 is 31.6 Å². The summed E-state index contributed by atoms with van der Waals surface area (Å²) in [7, 11) is -4.18. The van der Waals surface area contributed by atoms with Crippen molar-refractivity contribution in [3.63, 3.8) is 0 Å². The third-order valence-electron chi connectivity index (χ3n) is 2.41. The Bertz CT molecular complexity index is 765. The first-order valence-electron chi connectivity index (χ1n) is 5.26. The van der Waals surface area contributed by atoms with E-state index in [4.69, 9.17) is 0 Å². The van der Waals surface area contributed by atoms with E-state index >= 15 is 0 Å². The first-order valence-corrected chi connectivity index (χ1v) is 7.54. The summed E-state index contributed by atoms with van der Waals surface area (Å²) in [5.41, 5.74) is -0.429. The highest BCUT2D eigenvalue weighted by Crippen LogP contribution is 2.28. The molecule has 0 spiro atoms. The maximum atomic E-state index is 13.5. The molecule has 0 unspecified atom stereocenters. The second kappa shape index (κ2) is 5.37. The topological polar surface area (TPSA) is 66.4 Å². The van der Waals surface area contributed by atoms with Gasteiger partial charge in [0.05, 0.1) is 10.2 Å². The normalized spacial score (nSPS) is 11.3. The van der Waals surface area contributed by atoms with E-state index in [1.807, 2.05) is 4.72 Å². The molecule has 8 heteroatoms. The lowest BCUT2D eigenvalue weighted by Gasteiger charge is -2.10. The molecule has 0 aliphatic rings. The van der Waals surface area contributed by atoms with Crippen LogP contribution in [0.25, 0.3) is 0 Å². The second-order valence-corrected chi connectivity index (χ2v) is 6.32. The fourth-order valence-electron chi connectivity index (χ4n) is 1.48. The van der Waals surface area contributed by atoms with Crippen LogP contribution in [0.3, 0.4) is 0 Å². The Balaban J connectivity index is 2.44. The molecular formula is C12H8BrF2NO3S. The molecule has 4 nitrogen and oxygen atoms in total. The molecule has 0 amide bonds. The fourth-order valence-corrected chi connectivity index (χ4v) is 2.99. The van der Waals surface area contributed by atoms with Gasteiger partial charge in [-0.3, -0.25) is 4.72 Å². The zero-order valence-corrected chi connectivity index (χ0v) is 12.2. The van der Waals surface area contributed by atoms with Crippen LogP contribution in [-0.4, -0.2) is 13.5 Å². The Morgan fingerprint density at radius 3 is 2.40 bits per heavy atom. The molecule has 0 heterocycles. The highest BCUT2D eigenvalue weighted by Gasteiger charge is 2.20. The second-order valence-electron chi connectivity index (χ2n) is 3.82. The zero-order valence-electron chi connectivity index (χ0n) is 9.77. The van der Waals surface area contributed by atoms with Crippen molar-refractivity contribution in [1.29, 1.82) is 0 Å². The van der Waals surface area contributed by atoms with Crippen LogP contribution in [0.5, 0.6) is 5.75 Å². The summed E-state index contributed by atoms with van der Waals surface area (Å²) in [5.74, 6) is -2.39. The van der Waals surface area contributed by atoms with Gasteiger partial charge < -0.3 is 5.11 Å². The quantitative estimate of drug-likeness (QED) is 0.822. The Hall–Kier alpha value is -1.67. The fraction of sp³-hybridized carbons (Fsp3) is 0. The van der Waals surface area contributed by atoms with Gasteiger partial charge in [0.25, 0.3) is 10.0 Å². The molecule has 20 heavy (non-hydrogen) atoms. The number of hydrogen-bond acceptors (Lipinski definition) is 3. The van der Waals surface area contributed by atoms with Crippen LogP contribution in [0.4, 0.5) is 14.5 Å². The molecule has 0 aliphatic heterocycles. The molecule has 2 aromatic rings. The molecule has 0 atom stereocenters. The molecule has 2 aromatic carbocycles. The maximum Gasteiger partial charge on any atom is 0.265 e. The van der Waals surface area contributed by atoms with Crippen LogP contribution in [0.15, 0.2) is 45.8 Å². The van der Waals surface area contributed by atoms with Crippen LogP contribution in [0.2, 0.25) is 0 Å². The van der Waals surface area contributed by atoms with E-state index in [-0.39, 0.29) is 4.47 Å². The number of rotatable bonds is 3. The number of benzene rings is 2. The largest absolute Gasteiger partial charge is 0.507 e. The summed E-state index contributed by atoms with van der Waals surface area (Å²) in [6, 6.07) is 6.71. The van der Waals surface area contributed by atoms with Crippen molar-refractivity contribution in [3.05, 3.63) is 52.5 Å². The average molecular weight is 364 g/mol. The molecule has 0 saturated carbocycles. The SMILES string of the molecule is O=S(=O)(Nc1cc(Br)c(F)cc1F)c1ccccc1O. The molecule has 106 valence electrons. The minimum atomic E-state index is -4.18. The summed E-state index contributed by atoms with van der Waals surface area (Å²) >= 11 is 2.83. The van der Waals surface area contributed by atoms with E-state index in [0.29, 0.717) is 6.07 Å². The number of hydrogen-bond donors (Lipinski definition) is 2. The van der Waals surface area contributed by atoms with Crippen molar-refractivity contribution in [2.24, 2.45) is 0 Å². The number of anilines is 1. The minimum Gasteiger partial charge on any atom is -0.507 e. The third kappa shape index (κ3) is 2.91. The lowest BCUT2D eigenvalue weighted by atomic mass is 10.3. The van der Waals surface area contributed by atoms with Crippen LogP contribution in [0.1, 0.15) is 0 Å². The summed E-state index contributed by atoms with van der Waals surface area (Å²) in [4.78, 5) is -0.403. The first kappa shape index (κ1) is 14.7. The number of phenolic OH excluding ortho intramolecular Hbond substituents is 1. The van der Waals surface area contributed by atoms with Gasteiger partial charge in [-0.2, -0.15) is 0 Å². The number of para-hydroxylation sites is 1. The summed E-state index contributed by atoms with van der Waals surface area (Å²) in [5, 5.41) is 9.51. The van der Waals surface area contributed by atoms with E-state index in [9.17, 15) is 22.3 Å². The molecule has 0 saturated heterocycles. The van der Waals surface area contributed by atoms with Gasteiger partial charge in [0.1, 0.15) is 22.3 Å². The van der Waals surface area contributed by atoms with E-state index in [1.54, 1.807) is 0 Å². The van der Waals surface area contributed by atoms with Gasteiger partial charge in [-0.05, 0) is 34.1 Å². The van der Waals surface area contributed by atoms with Gasteiger partial charge in [0.2, 0.25) is 0 Å². The lowest BCUT2D eigenvalue weighted by Crippen LogP contribution is -2.14. The van der Waals surface area contributed by atoms with Crippen molar-refractivity contribution in [2.75, 3.05) is 4.72 Å². The van der Waals surface area contributed by atoms with Crippen molar-refractivity contribution in [2.45, 2.75) is 4.90 Å². The molecule has 0 aliphatic carbocycles. The predicted molar refractivity (Wildman–Crippen MR) is 73.0 cm³/mol. The van der Waals surface area contributed by atoms with Crippen molar-refractivity contribution in [1.82, 2.24) is 0 Å². The standard InChI is InChI=1S/C12H8BrF2NO3S/c13-7-5-10(9(15)6-8(7)14)16-20(18,19)12-4-2-1-3-11(12)17/h1-6,16-17H. The third-order valence-corrected chi connectivity index (χ3v) is 4.43. The van der Waals surface area contributed by atoms with Crippen LogP contribution >= 0.6 is 15.9 Å². The van der Waals surface area contributed by atoms with Gasteiger partial charge in [0.15, 0.2) is 0 Å². The minimum absolute atomic E-state index is 0.0890. The highest BCUT2D eigenvalue weighted by atomic mass is 79.9. The van der Waals surface area contributed by atoms with Gasteiger partial charge in [-0.15, -0.1) is 0 Å². The summed E-state index contributed by atoms with van der Waals surface area (Å²) in [6.45, 7) is 0. The van der Waals surface area contributed by atoms with Crippen molar-refractivity contribution < 1.29 is 22.3 Å². The number of sulfonamides is 1. The van der Waals surface area contributed by atoms with Crippen LogP contribution < -0.4 is 4.72 Å².